The Morgan fingerprint density at radius 1 is 1.10 bits per heavy atom. The van der Waals surface area contributed by atoms with E-state index in [4.69, 9.17) is 0 Å². The number of carbonyl (C=O) groups is 1. The largest absolute Gasteiger partial charge is 0.352 e. The van der Waals surface area contributed by atoms with E-state index < -0.39 is 10.0 Å². The normalized spacial score (nSPS) is 15.0. The molecule has 1 saturated heterocycles. The molecule has 1 amide bonds. The third-order valence-corrected chi connectivity index (χ3v) is 7.21. The summed E-state index contributed by atoms with van der Waals surface area (Å²) in [5, 5.41) is 2.90. The molecule has 30 heavy (non-hydrogen) atoms. The molecule has 8 heteroatoms. The smallest absolute Gasteiger partial charge is 0.261 e. The van der Waals surface area contributed by atoms with Crippen molar-refractivity contribution in [3.63, 3.8) is 0 Å². The van der Waals surface area contributed by atoms with E-state index >= 15 is 0 Å². The van der Waals surface area contributed by atoms with Gasteiger partial charge in [-0.15, -0.1) is 0 Å². The number of carbonyl (C=O) groups excluding carboxylic acids is 1. The number of amides is 1. The maximum atomic E-state index is 12.8. The van der Waals surface area contributed by atoms with Crippen molar-refractivity contribution in [2.45, 2.75) is 37.5 Å². The fraction of sp³-hybridized carbons (Fsp3) is 0.409. The highest BCUT2D eigenvalue weighted by Crippen LogP contribution is 2.26. The second-order valence-electron chi connectivity index (χ2n) is 7.63. The topological polar surface area (TPSA) is 78.5 Å². The average molecular weight is 494 g/mol. The molecule has 6 nitrogen and oxygen atoms in total. The minimum Gasteiger partial charge on any atom is -0.352 e. The van der Waals surface area contributed by atoms with Gasteiger partial charge in [0.15, 0.2) is 0 Å². The number of piperidine rings is 1. The first-order valence-corrected chi connectivity index (χ1v) is 12.5. The molecule has 0 atom stereocenters. The maximum Gasteiger partial charge on any atom is 0.261 e. The number of sulfonamides is 1. The van der Waals surface area contributed by atoms with Crippen molar-refractivity contribution in [3.8, 4) is 0 Å². The lowest BCUT2D eigenvalue weighted by atomic mass is 10.1. The molecule has 2 aromatic rings. The second kappa shape index (κ2) is 10.4. The number of benzene rings is 2. The number of nitrogens with zero attached hydrogens (tertiary/aromatic N) is 1. The lowest BCUT2D eigenvalue weighted by Crippen LogP contribution is -2.33. The molecule has 2 N–H and O–H groups in total. The van der Waals surface area contributed by atoms with Gasteiger partial charge in [0.05, 0.1) is 10.6 Å². The van der Waals surface area contributed by atoms with E-state index in [-0.39, 0.29) is 10.8 Å². The molecule has 0 unspecified atom stereocenters. The van der Waals surface area contributed by atoms with Gasteiger partial charge in [-0.05, 0) is 97.6 Å². The number of aryl methyl sites for hydroxylation is 1. The number of rotatable bonds is 8. The van der Waals surface area contributed by atoms with Crippen molar-refractivity contribution in [1.82, 2.24) is 10.2 Å². The van der Waals surface area contributed by atoms with Crippen molar-refractivity contribution in [1.29, 1.82) is 0 Å². The minimum atomic E-state index is -3.81. The molecule has 0 saturated carbocycles. The number of likely N-dealkylation sites (tertiary alicyclic amines) is 1. The van der Waals surface area contributed by atoms with Crippen molar-refractivity contribution in [3.05, 3.63) is 58.1 Å². The van der Waals surface area contributed by atoms with Crippen LogP contribution in [0.15, 0.2) is 51.8 Å². The average Bonchev–Trinajstić information content (AvgIpc) is 2.74. The van der Waals surface area contributed by atoms with E-state index in [1.165, 1.54) is 31.4 Å². The summed E-state index contributed by atoms with van der Waals surface area (Å²) < 4.78 is 28.9. The number of nitrogens with one attached hydrogen (secondary N) is 2. The van der Waals surface area contributed by atoms with E-state index in [1.54, 1.807) is 24.3 Å². The molecule has 0 spiro atoms. The van der Waals surface area contributed by atoms with Gasteiger partial charge >= 0.3 is 0 Å². The zero-order valence-electron chi connectivity index (χ0n) is 17.2. The summed E-state index contributed by atoms with van der Waals surface area (Å²) in [6.07, 6.45) is 4.69. The first-order valence-electron chi connectivity index (χ1n) is 10.2. The Morgan fingerprint density at radius 2 is 1.87 bits per heavy atom. The van der Waals surface area contributed by atoms with Crippen LogP contribution >= 0.6 is 15.9 Å². The van der Waals surface area contributed by atoms with Crippen molar-refractivity contribution >= 4 is 37.5 Å². The van der Waals surface area contributed by atoms with Crippen LogP contribution in [0.2, 0.25) is 0 Å². The van der Waals surface area contributed by atoms with Crippen LogP contribution in [-0.2, 0) is 10.0 Å². The third-order valence-electron chi connectivity index (χ3n) is 5.16. The molecule has 0 bridgehead atoms. The number of anilines is 1. The van der Waals surface area contributed by atoms with E-state index in [2.05, 4.69) is 30.9 Å². The third kappa shape index (κ3) is 6.30. The van der Waals surface area contributed by atoms with Gasteiger partial charge in [-0.25, -0.2) is 8.42 Å². The molecule has 1 heterocycles. The van der Waals surface area contributed by atoms with Crippen LogP contribution in [0.4, 0.5) is 5.69 Å². The highest BCUT2D eigenvalue weighted by molar-refractivity contribution is 9.10. The Kier molecular flexibility index (Phi) is 7.91. The lowest BCUT2D eigenvalue weighted by molar-refractivity contribution is 0.0951. The number of hydrogen-bond acceptors (Lipinski definition) is 4. The monoisotopic (exact) mass is 493 g/mol. The summed E-state index contributed by atoms with van der Waals surface area (Å²) in [6, 6.07) is 11.5. The Bertz CT molecular complexity index is 989. The van der Waals surface area contributed by atoms with Gasteiger partial charge in [0.25, 0.3) is 15.9 Å². The van der Waals surface area contributed by atoms with E-state index in [0.29, 0.717) is 22.3 Å². The SMILES string of the molecule is Cc1ccc(Br)c(NS(=O)(=O)c2cccc(C(=O)NCCCN3CCCCC3)c2)c1. The van der Waals surface area contributed by atoms with Crippen LogP contribution in [0.25, 0.3) is 0 Å². The molecular weight excluding hydrogens is 466 g/mol. The quantitative estimate of drug-likeness (QED) is 0.541. The van der Waals surface area contributed by atoms with Crippen LogP contribution in [0.3, 0.4) is 0 Å². The summed E-state index contributed by atoms with van der Waals surface area (Å²) in [4.78, 5) is 15.0. The van der Waals surface area contributed by atoms with Crippen LogP contribution in [-0.4, -0.2) is 45.4 Å². The molecule has 2 aromatic carbocycles. The van der Waals surface area contributed by atoms with Crippen LogP contribution in [0, 0.1) is 6.92 Å². The Hall–Kier alpha value is -1.90. The minimum absolute atomic E-state index is 0.0527. The fourth-order valence-electron chi connectivity index (χ4n) is 3.52. The highest BCUT2D eigenvalue weighted by Gasteiger charge is 2.18. The molecule has 162 valence electrons. The Morgan fingerprint density at radius 3 is 2.63 bits per heavy atom. The van der Waals surface area contributed by atoms with Gasteiger partial charge < -0.3 is 10.2 Å². The first-order chi connectivity index (χ1) is 14.3. The predicted molar refractivity (Wildman–Crippen MR) is 123 cm³/mol. The van der Waals surface area contributed by atoms with Crippen molar-refractivity contribution in [2.24, 2.45) is 0 Å². The van der Waals surface area contributed by atoms with E-state index in [9.17, 15) is 13.2 Å². The molecule has 0 aliphatic carbocycles. The van der Waals surface area contributed by atoms with Crippen LogP contribution in [0.1, 0.15) is 41.6 Å². The molecule has 1 aliphatic rings. The Labute approximate surface area is 187 Å². The first kappa shape index (κ1) is 22.8. The standard InChI is InChI=1S/C22H28BrN3O3S/c1-17-9-10-20(23)21(15-17)25-30(28,29)19-8-5-7-18(16-19)22(27)24-11-6-14-26-12-3-2-4-13-26/h5,7-10,15-16,25H,2-4,6,11-14H2,1H3,(H,24,27). The zero-order chi connectivity index (χ0) is 21.6. The van der Waals surface area contributed by atoms with E-state index in [0.717, 1.165) is 31.6 Å². The summed E-state index contributed by atoms with van der Waals surface area (Å²) in [6.45, 7) is 5.71. The Balaban J connectivity index is 1.60. The van der Waals surface area contributed by atoms with Crippen molar-refractivity contribution < 1.29 is 13.2 Å². The van der Waals surface area contributed by atoms with Gasteiger partial charge in [-0.3, -0.25) is 9.52 Å². The fourth-order valence-corrected chi connectivity index (χ4v) is 5.11. The zero-order valence-corrected chi connectivity index (χ0v) is 19.6. The number of halogens is 1. The van der Waals surface area contributed by atoms with Crippen molar-refractivity contribution in [2.75, 3.05) is 30.9 Å². The van der Waals surface area contributed by atoms with Gasteiger partial charge in [-0.2, -0.15) is 0 Å². The number of hydrogen-bond donors (Lipinski definition) is 2. The molecule has 1 fully saturated rings. The van der Waals surface area contributed by atoms with E-state index in [1.807, 2.05) is 13.0 Å². The van der Waals surface area contributed by atoms with Gasteiger partial charge in [0.1, 0.15) is 0 Å². The summed E-state index contributed by atoms with van der Waals surface area (Å²) in [5.41, 5.74) is 1.73. The predicted octanol–water partition coefficient (Wildman–Crippen LogP) is 4.16. The van der Waals surface area contributed by atoms with Crippen LogP contribution < -0.4 is 10.0 Å². The van der Waals surface area contributed by atoms with Gasteiger partial charge in [0, 0.05) is 16.6 Å². The summed E-state index contributed by atoms with van der Waals surface area (Å²) in [5.74, 6) is -0.262. The van der Waals surface area contributed by atoms with Gasteiger partial charge in [-0.1, -0.05) is 18.6 Å². The van der Waals surface area contributed by atoms with Crippen LogP contribution in [0.5, 0.6) is 0 Å². The maximum absolute atomic E-state index is 12.8. The molecule has 1 aliphatic heterocycles. The molecule has 3 rings (SSSR count). The van der Waals surface area contributed by atoms with Gasteiger partial charge in [0.2, 0.25) is 0 Å². The molecule has 0 aromatic heterocycles. The summed E-state index contributed by atoms with van der Waals surface area (Å²) in [7, 11) is -3.81. The summed E-state index contributed by atoms with van der Waals surface area (Å²) >= 11 is 3.36. The second-order valence-corrected chi connectivity index (χ2v) is 10.2. The molecular formula is C22H28BrN3O3S. The highest BCUT2D eigenvalue weighted by atomic mass is 79.9. The lowest BCUT2D eigenvalue weighted by Gasteiger charge is -2.26. The molecule has 0 radical (unpaired) electrons.